The summed E-state index contributed by atoms with van der Waals surface area (Å²) >= 11 is 1.36. The number of nitrogens with zero attached hydrogens (tertiary/aromatic N) is 2. The molecule has 19 heavy (non-hydrogen) atoms. The van der Waals surface area contributed by atoms with Crippen LogP contribution in [0, 0.1) is 0 Å². The molecule has 0 saturated heterocycles. The highest BCUT2D eigenvalue weighted by Crippen LogP contribution is 2.42. The van der Waals surface area contributed by atoms with Crippen LogP contribution in [0.3, 0.4) is 0 Å². The van der Waals surface area contributed by atoms with Crippen molar-refractivity contribution in [3.63, 3.8) is 0 Å². The minimum atomic E-state index is -0.815. The summed E-state index contributed by atoms with van der Waals surface area (Å²) in [4.78, 5) is 18.5. The van der Waals surface area contributed by atoms with Gasteiger partial charge in [-0.15, -0.1) is 11.3 Å². The Hall–Kier alpha value is -0.940. The molecule has 0 unspecified atom stereocenters. The van der Waals surface area contributed by atoms with Crippen molar-refractivity contribution in [1.29, 1.82) is 0 Å². The molecule has 4 nitrogen and oxygen atoms in total. The van der Waals surface area contributed by atoms with E-state index in [1.165, 1.54) is 24.2 Å². The summed E-state index contributed by atoms with van der Waals surface area (Å²) in [7, 11) is 2.11. The molecule has 0 aliphatic heterocycles. The molecule has 1 fully saturated rings. The molecular formula is C14H22N2O2S. The summed E-state index contributed by atoms with van der Waals surface area (Å²) in [6.45, 7) is 4.25. The van der Waals surface area contributed by atoms with Gasteiger partial charge < -0.3 is 10.0 Å². The summed E-state index contributed by atoms with van der Waals surface area (Å²) < 4.78 is 0. The molecule has 0 radical (unpaired) electrons. The van der Waals surface area contributed by atoms with E-state index in [1.807, 2.05) is 0 Å². The maximum absolute atomic E-state index is 11.2. The van der Waals surface area contributed by atoms with Crippen LogP contribution in [0.2, 0.25) is 0 Å². The molecule has 0 atom stereocenters. The van der Waals surface area contributed by atoms with Gasteiger partial charge in [0, 0.05) is 18.9 Å². The molecule has 0 bridgehead atoms. The molecule has 0 spiro atoms. The van der Waals surface area contributed by atoms with Crippen LogP contribution in [0.25, 0.3) is 0 Å². The lowest BCUT2D eigenvalue weighted by Gasteiger charge is -2.14. The fraction of sp³-hybridized carbons (Fsp3) is 0.714. The molecule has 0 amide bonds. The predicted octanol–water partition coefficient (Wildman–Crippen LogP) is 2.99. The number of likely N-dealkylation sites (N-methyl/N-ethyl adjacent to an activating group) is 1. The topological polar surface area (TPSA) is 53.4 Å². The molecule has 0 aromatic carbocycles. The van der Waals surface area contributed by atoms with Gasteiger partial charge in [-0.25, -0.2) is 9.78 Å². The lowest BCUT2D eigenvalue weighted by atomic mass is 10.2. The standard InChI is InChI=1S/C14H22N2O2S/c1-3-4-8-16(2)9-7-11-15-12(10-5-6-10)13(19-11)14(17)18/h10H,3-9H2,1-2H3,(H,17,18). The van der Waals surface area contributed by atoms with Crippen molar-refractivity contribution >= 4 is 17.3 Å². The molecule has 106 valence electrons. The minimum absolute atomic E-state index is 0.411. The second kappa shape index (κ2) is 6.48. The van der Waals surface area contributed by atoms with Crippen molar-refractivity contribution in [3.8, 4) is 0 Å². The second-order valence-electron chi connectivity index (χ2n) is 5.31. The summed E-state index contributed by atoms with van der Waals surface area (Å²) in [5, 5.41) is 10.2. The van der Waals surface area contributed by atoms with Crippen molar-refractivity contribution in [3.05, 3.63) is 15.6 Å². The van der Waals surface area contributed by atoms with Gasteiger partial charge in [0.05, 0.1) is 10.7 Å². The highest BCUT2D eigenvalue weighted by atomic mass is 32.1. The Balaban J connectivity index is 1.93. The molecule has 1 N–H and O–H groups in total. The largest absolute Gasteiger partial charge is 0.477 e. The number of rotatable bonds is 8. The highest BCUT2D eigenvalue weighted by molar-refractivity contribution is 7.13. The van der Waals surface area contributed by atoms with Gasteiger partial charge in [0.2, 0.25) is 0 Å². The quantitative estimate of drug-likeness (QED) is 0.796. The fourth-order valence-electron chi connectivity index (χ4n) is 2.10. The number of hydrogen-bond donors (Lipinski definition) is 1. The first kappa shape index (κ1) is 14.5. The van der Waals surface area contributed by atoms with Crippen molar-refractivity contribution < 1.29 is 9.90 Å². The molecule has 1 saturated carbocycles. The monoisotopic (exact) mass is 282 g/mol. The van der Waals surface area contributed by atoms with Crippen LogP contribution >= 0.6 is 11.3 Å². The first-order valence-electron chi connectivity index (χ1n) is 7.03. The molecule has 1 aliphatic rings. The van der Waals surface area contributed by atoms with E-state index in [0.29, 0.717) is 10.8 Å². The number of carboxylic acid groups (broad SMARTS) is 1. The van der Waals surface area contributed by atoms with Gasteiger partial charge in [0.1, 0.15) is 4.88 Å². The van der Waals surface area contributed by atoms with E-state index in [2.05, 4.69) is 23.9 Å². The SMILES string of the molecule is CCCCN(C)CCc1nc(C2CC2)c(C(=O)O)s1. The fourth-order valence-corrected chi connectivity index (χ4v) is 3.08. The van der Waals surface area contributed by atoms with E-state index in [0.717, 1.165) is 43.1 Å². The van der Waals surface area contributed by atoms with Crippen molar-refractivity contribution in [2.24, 2.45) is 0 Å². The van der Waals surface area contributed by atoms with Crippen molar-refractivity contribution in [2.45, 2.75) is 44.9 Å². The van der Waals surface area contributed by atoms with Crippen LogP contribution in [0.4, 0.5) is 0 Å². The Labute approximate surface area is 118 Å². The summed E-state index contributed by atoms with van der Waals surface area (Å²) in [5.74, 6) is -0.404. The van der Waals surface area contributed by atoms with Crippen LogP contribution in [0.15, 0.2) is 0 Å². The van der Waals surface area contributed by atoms with Crippen LogP contribution in [0.5, 0.6) is 0 Å². The maximum Gasteiger partial charge on any atom is 0.347 e. The summed E-state index contributed by atoms with van der Waals surface area (Å²) in [6, 6.07) is 0. The Kier molecular flexibility index (Phi) is 4.93. The predicted molar refractivity (Wildman–Crippen MR) is 77.2 cm³/mol. The van der Waals surface area contributed by atoms with Crippen molar-refractivity contribution in [2.75, 3.05) is 20.1 Å². The zero-order valence-corrected chi connectivity index (χ0v) is 12.5. The average molecular weight is 282 g/mol. The first-order chi connectivity index (χ1) is 9.11. The zero-order valence-electron chi connectivity index (χ0n) is 11.7. The maximum atomic E-state index is 11.2. The Bertz CT molecular complexity index is 441. The zero-order chi connectivity index (χ0) is 13.8. The lowest BCUT2D eigenvalue weighted by molar-refractivity contribution is 0.0700. The number of carboxylic acids is 1. The Morgan fingerprint density at radius 3 is 2.79 bits per heavy atom. The van der Waals surface area contributed by atoms with Gasteiger partial charge in [-0.05, 0) is 32.9 Å². The molecule has 1 heterocycles. The normalized spacial score (nSPS) is 15.1. The third-order valence-corrected chi connectivity index (χ3v) is 4.58. The summed E-state index contributed by atoms with van der Waals surface area (Å²) in [5.41, 5.74) is 0.837. The van der Waals surface area contributed by atoms with E-state index in [9.17, 15) is 9.90 Å². The number of hydrogen-bond acceptors (Lipinski definition) is 4. The number of aromatic carboxylic acids is 1. The van der Waals surface area contributed by atoms with Crippen LogP contribution in [-0.4, -0.2) is 41.1 Å². The first-order valence-corrected chi connectivity index (χ1v) is 7.85. The van der Waals surface area contributed by atoms with Crippen LogP contribution in [0.1, 0.15) is 58.9 Å². The Morgan fingerprint density at radius 1 is 1.47 bits per heavy atom. The third kappa shape index (κ3) is 4.01. The number of unbranched alkanes of at least 4 members (excludes halogenated alkanes) is 1. The number of thiazole rings is 1. The van der Waals surface area contributed by atoms with Crippen LogP contribution < -0.4 is 0 Å². The molecule has 1 aliphatic carbocycles. The number of carbonyl (C=O) groups is 1. The Morgan fingerprint density at radius 2 is 2.21 bits per heavy atom. The minimum Gasteiger partial charge on any atom is -0.477 e. The number of aromatic nitrogens is 1. The van der Waals surface area contributed by atoms with Crippen LogP contribution in [-0.2, 0) is 6.42 Å². The van der Waals surface area contributed by atoms with E-state index in [1.54, 1.807) is 0 Å². The molecule has 5 heteroatoms. The van der Waals surface area contributed by atoms with Gasteiger partial charge in [-0.3, -0.25) is 0 Å². The average Bonchev–Trinajstić information content (AvgIpc) is 3.13. The van der Waals surface area contributed by atoms with Gasteiger partial charge in [0.15, 0.2) is 0 Å². The molecule has 1 aromatic heterocycles. The third-order valence-electron chi connectivity index (χ3n) is 3.46. The van der Waals surface area contributed by atoms with E-state index in [4.69, 9.17) is 0 Å². The van der Waals surface area contributed by atoms with Gasteiger partial charge in [-0.1, -0.05) is 13.3 Å². The molecular weight excluding hydrogens is 260 g/mol. The smallest absolute Gasteiger partial charge is 0.347 e. The van der Waals surface area contributed by atoms with Gasteiger partial charge in [0.25, 0.3) is 0 Å². The van der Waals surface area contributed by atoms with E-state index in [-0.39, 0.29) is 0 Å². The molecule has 2 rings (SSSR count). The van der Waals surface area contributed by atoms with Crippen molar-refractivity contribution in [1.82, 2.24) is 9.88 Å². The second-order valence-corrected chi connectivity index (χ2v) is 6.39. The van der Waals surface area contributed by atoms with E-state index >= 15 is 0 Å². The molecule has 1 aromatic rings. The summed E-state index contributed by atoms with van der Waals surface area (Å²) in [6.07, 6.45) is 5.47. The highest BCUT2D eigenvalue weighted by Gasteiger charge is 2.31. The lowest BCUT2D eigenvalue weighted by Crippen LogP contribution is -2.22. The van der Waals surface area contributed by atoms with Gasteiger partial charge in [-0.2, -0.15) is 0 Å². The van der Waals surface area contributed by atoms with E-state index < -0.39 is 5.97 Å². The van der Waals surface area contributed by atoms with Gasteiger partial charge >= 0.3 is 5.97 Å².